The molecule has 0 saturated carbocycles. The van der Waals surface area contributed by atoms with Crippen LogP contribution in [0, 0.1) is 0 Å². The number of sulfone groups is 1. The number of hydrogen-bond donors (Lipinski definition) is 2. The molecule has 0 aliphatic carbocycles. The van der Waals surface area contributed by atoms with E-state index in [2.05, 4.69) is 20.6 Å². The zero-order chi connectivity index (χ0) is 17.4. The van der Waals surface area contributed by atoms with Crippen LogP contribution in [0.15, 0.2) is 35.5 Å². The molecule has 1 aliphatic rings. The predicted molar refractivity (Wildman–Crippen MR) is 80.4 cm³/mol. The highest BCUT2D eigenvalue weighted by atomic mass is 32.2. The van der Waals surface area contributed by atoms with Crippen LogP contribution in [0.1, 0.15) is 11.3 Å². The number of benzene rings is 1. The average Bonchev–Trinajstić information content (AvgIpc) is 2.55. The van der Waals surface area contributed by atoms with Gasteiger partial charge in [-0.2, -0.15) is 13.2 Å². The number of nitrogens with one attached hydrogen (secondary N) is 2. The SMILES string of the molecule is O=S(=O)(c1ccc(Nc2ncnc3c2CNCC3)cc1)C(F)(F)F. The Bertz CT molecular complexity index is 851. The minimum atomic E-state index is -5.34. The van der Waals surface area contributed by atoms with Crippen molar-refractivity contribution in [3.8, 4) is 0 Å². The fourth-order valence-corrected chi connectivity index (χ4v) is 3.13. The minimum absolute atomic E-state index is 0.433. The van der Waals surface area contributed by atoms with Gasteiger partial charge in [0.15, 0.2) is 0 Å². The van der Waals surface area contributed by atoms with Crippen molar-refractivity contribution in [3.05, 3.63) is 41.9 Å². The average molecular weight is 358 g/mol. The largest absolute Gasteiger partial charge is 0.501 e. The Morgan fingerprint density at radius 1 is 1.12 bits per heavy atom. The molecule has 0 spiro atoms. The van der Waals surface area contributed by atoms with E-state index in [1.54, 1.807) is 0 Å². The van der Waals surface area contributed by atoms with Gasteiger partial charge in [-0.25, -0.2) is 18.4 Å². The number of fused-ring (bicyclic) bond motifs is 1. The van der Waals surface area contributed by atoms with Crippen LogP contribution in [0.3, 0.4) is 0 Å². The number of hydrogen-bond acceptors (Lipinski definition) is 6. The maximum atomic E-state index is 12.5. The minimum Gasteiger partial charge on any atom is -0.340 e. The number of aromatic nitrogens is 2. The van der Waals surface area contributed by atoms with Gasteiger partial charge in [0.1, 0.15) is 12.1 Å². The van der Waals surface area contributed by atoms with E-state index in [0.717, 1.165) is 36.4 Å². The standard InChI is InChI=1S/C14H13F3N4O2S/c15-14(16,17)24(22,23)10-3-1-9(2-4-10)21-13-11-7-18-6-5-12(11)19-8-20-13/h1-4,8,18H,5-7H2,(H,19,20,21). The number of anilines is 2. The van der Waals surface area contributed by atoms with Gasteiger partial charge in [-0.1, -0.05) is 0 Å². The number of halogens is 3. The Balaban J connectivity index is 1.86. The molecule has 2 heterocycles. The molecule has 0 radical (unpaired) electrons. The molecule has 0 bridgehead atoms. The Morgan fingerprint density at radius 2 is 1.83 bits per heavy atom. The van der Waals surface area contributed by atoms with Gasteiger partial charge in [0.05, 0.1) is 10.6 Å². The fraction of sp³-hybridized carbons (Fsp3) is 0.286. The van der Waals surface area contributed by atoms with Gasteiger partial charge >= 0.3 is 5.51 Å². The van der Waals surface area contributed by atoms with Gasteiger partial charge in [-0.3, -0.25) is 0 Å². The summed E-state index contributed by atoms with van der Waals surface area (Å²) in [4.78, 5) is 7.54. The lowest BCUT2D eigenvalue weighted by atomic mass is 10.1. The highest BCUT2D eigenvalue weighted by molar-refractivity contribution is 7.92. The molecule has 24 heavy (non-hydrogen) atoms. The number of alkyl halides is 3. The maximum Gasteiger partial charge on any atom is 0.501 e. The maximum absolute atomic E-state index is 12.5. The summed E-state index contributed by atoms with van der Waals surface area (Å²) in [5.74, 6) is 0.540. The molecular formula is C14H13F3N4O2S. The molecule has 0 unspecified atom stereocenters. The van der Waals surface area contributed by atoms with Crippen LogP contribution in [0.2, 0.25) is 0 Å². The van der Waals surface area contributed by atoms with Crippen LogP contribution >= 0.6 is 0 Å². The number of nitrogens with zero attached hydrogens (tertiary/aromatic N) is 2. The second kappa shape index (κ2) is 6.02. The Morgan fingerprint density at radius 3 is 2.50 bits per heavy atom. The molecule has 0 amide bonds. The van der Waals surface area contributed by atoms with Gasteiger partial charge in [0.25, 0.3) is 9.84 Å². The van der Waals surface area contributed by atoms with Crippen molar-refractivity contribution < 1.29 is 21.6 Å². The van der Waals surface area contributed by atoms with E-state index >= 15 is 0 Å². The number of rotatable bonds is 3. The molecule has 1 aliphatic heterocycles. The predicted octanol–water partition coefficient (Wildman–Crippen LogP) is 2.16. The van der Waals surface area contributed by atoms with Crippen molar-refractivity contribution in [1.82, 2.24) is 15.3 Å². The van der Waals surface area contributed by atoms with Gasteiger partial charge < -0.3 is 10.6 Å². The first kappa shape index (κ1) is 16.7. The molecule has 10 heteroatoms. The molecule has 0 atom stereocenters. The van der Waals surface area contributed by atoms with E-state index < -0.39 is 20.2 Å². The molecule has 6 nitrogen and oxygen atoms in total. The summed E-state index contributed by atoms with van der Waals surface area (Å²) >= 11 is 0. The third-order valence-electron chi connectivity index (χ3n) is 3.61. The van der Waals surface area contributed by atoms with E-state index in [1.807, 2.05) is 0 Å². The van der Waals surface area contributed by atoms with Crippen LogP contribution in [0.25, 0.3) is 0 Å². The topological polar surface area (TPSA) is 84.0 Å². The van der Waals surface area contributed by atoms with Crippen LogP contribution in [0.4, 0.5) is 24.7 Å². The zero-order valence-electron chi connectivity index (χ0n) is 12.3. The van der Waals surface area contributed by atoms with Crippen LogP contribution < -0.4 is 10.6 Å². The third-order valence-corrected chi connectivity index (χ3v) is 5.11. The van der Waals surface area contributed by atoms with E-state index in [4.69, 9.17) is 0 Å². The Hall–Kier alpha value is -2.20. The lowest BCUT2D eigenvalue weighted by Gasteiger charge is -2.19. The zero-order valence-corrected chi connectivity index (χ0v) is 13.1. The highest BCUT2D eigenvalue weighted by Gasteiger charge is 2.46. The molecule has 1 aromatic carbocycles. The van der Waals surface area contributed by atoms with E-state index in [9.17, 15) is 21.6 Å². The quantitative estimate of drug-likeness (QED) is 0.875. The summed E-state index contributed by atoms with van der Waals surface area (Å²) < 4.78 is 60.3. The van der Waals surface area contributed by atoms with Gasteiger partial charge in [0.2, 0.25) is 0 Å². The van der Waals surface area contributed by atoms with Crippen molar-refractivity contribution in [3.63, 3.8) is 0 Å². The molecule has 0 fully saturated rings. The fourth-order valence-electron chi connectivity index (χ4n) is 2.37. The first-order chi connectivity index (χ1) is 11.3. The Labute approximate surface area is 136 Å². The summed E-state index contributed by atoms with van der Waals surface area (Å²) in [5.41, 5.74) is -3.10. The van der Waals surface area contributed by atoms with Crippen molar-refractivity contribution in [2.45, 2.75) is 23.4 Å². The van der Waals surface area contributed by atoms with E-state index in [1.165, 1.54) is 18.5 Å². The first-order valence-corrected chi connectivity index (χ1v) is 8.49. The van der Waals surface area contributed by atoms with Gasteiger partial charge in [-0.15, -0.1) is 0 Å². The molecule has 3 rings (SSSR count). The molecule has 2 aromatic rings. The summed E-state index contributed by atoms with van der Waals surface area (Å²) in [6.07, 6.45) is 2.17. The van der Waals surface area contributed by atoms with Gasteiger partial charge in [0, 0.05) is 30.8 Å². The Kier molecular flexibility index (Phi) is 4.18. The van der Waals surface area contributed by atoms with Crippen molar-refractivity contribution >= 4 is 21.3 Å². The van der Waals surface area contributed by atoms with Crippen molar-refractivity contribution in [1.29, 1.82) is 0 Å². The normalized spacial score (nSPS) is 15.0. The summed E-state index contributed by atoms with van der Waals surface area (Å²) in [7, 11) is -5.34. The van der Waals surface area contributed by atoms with E-state index in [-0.39, 0.29) is 0 Å². The molecular weight excluding hydrogens is 345 g/mol. The lowest BCUT2D eigenvalue weighted by molar-refractivity contribution is -0.0436. The van der Waals surface area contributed by atoms with Crippen molar-refractivity contribution in [2.75, 3.05) is 11.9 Å². The molecule has 128 valence electrons. The van der Waals surface area contributed by atoms with E-state index in [0.29, 0.717) is 18.1 Å². The summed E-state index contributed by atoms with van der Waals surface area (Å²) in [6.45, 7) is 1.40. The molecule has 0 saturated heterocycles. The van der Waals surface area contributed by atoms with Gasteiger partial charge in [-0.05, 0) is 24.3 Å². The summed E-state index contributed by atoms with van der Waals surface area (Å²) in [5, 5.41) is 6.17. The monoisotopic (exact) mass is 358 g/mol. The third kappa shape index (κ3) is 3.06. The van der Waals surface area contributed by atoms with Crippen LogP contribution in [-0.4, -0.2) is 30.4 Å². The highest BCUT2D eigenvalue weighted by Crippen LogP contribution is 2.31. The molecule has 2 N–H and O–H groups in total. The van der Waals surface area contributed by atoms with Crippen LogP contribution in [-0.2, 0) is 22.8 Å². The molecule has 1 aromatic heterocycles. The first-order valence-electron chi connectivity index (χ1n) is 7.01. The van der Waals surface area contributed by atoms with Crippen LogP contribution in [0.5, 0.6) is 0 Å². The second-order valence-corrected chi connectivity index (χ2v) is 7.11. The smallest absolute Gasteiger partial charge is 0.340 e. The van der Waals surface area contributed by atoms with Crippen molar-refractivity contribution in [2.24, 2.45) is 0 Å². The summed E-state index contributed by atoms with van der Waals surface area (Å²) in [6, 6.07) is 4.36. The lowest BCUT2D eigenvalue weighted by Crippen LogP contribution is -2.25. The second-order valence-electron chi connectivity index (χ2n) is 5.17.